The fourth-order valence-electron chi connectivity index (χ4n) is 2.79. The molecule has 1 amide bonds. The zero-order valence-corrected chi connectivity index (χ0v) is 12.2. The molecule has 3 nitrogen and oxygen atoms in total. The number of benzene rings is 2. The number of rotatable bonds is 4. The molecule has 3 heteroatoms. The van der Waals surface area contributed by atoms with Gasteiger partial charge in [-0.05, 0) is 35.6 Å². The van der Waals surface area contributed by atoms with Gasteiger partial charge in [0, 0.05) is 25.2 Å². The van der Waals surface area contributed by atoms with E-state index in [0.29, 0.717) is 12.5 Å². The van der Waals surface area contributed by atoms with Gasteiger partial charge in [0.05, 0.1) is 0 Å². The van der Waals surface area contributed by atoms with E-state index in [9.17, 15) is 4.79 Å². The summed E-state index contributed by atoms with van der Waals surface area (Å²) < 4.78 is 0. The number of hydrogen-bond donors (Lipinski definition) is 1. The average molecular weight is 280 g/mol. The molecule has 2 unspecified atom stereocenters. The molecule has 0 spiro atoms. The van der Waals surface area contributed by atoms with Crippen molar-refractivity contribution < 1.29 is 4.79 Å². The Morgan fingerprint density at radius 1 is 1.14 bits per heavy atom. The normalized spacial score (nSPS) is 20.0. The van der Waals surface area contributed by atoms with Gasteiger partial charge in [0.2, 0.25) is 5.91 Å². The molecule has 1 aliphatic carbocycles. The maximum absolute atomic E-state index is 12.5. The molecule has 0 heterocycles. The molecule has 3 rings (SSSR count). The number of nitrogens with two attached hydrogens (primary N) is 1. The summed E-state index contributed by atoms with van der Waals surface area (Å²) in [4.78, 5) is 14.3. The Morgan fingerprint density at radius 3 is 2.48 bits per heavy atom. The summed E-state index contributed by atoms with van der Waals surface area (Å²) in [6, 6.07) is 18.0. The molecule has 2 N–H and O–H groups in total. The molecule has 2 atom stereocenters. The van der Waals surface area contributed by atoms with Crippen LogP contribution in [0.15, 0.2) is 54.6 Å². The van der Waals surface area contributed by atoms with E-state index in [0.717, 1.165) is 17.7 Å². The van der Waals surface area contributed by atoms with Crippen LogP contribution in [0.3, 0.4) is 0 Å². The van der Waals surface area contributed by atoms with Crippen molar-refractivity contribution in [2.45, 2.75) is 18.9 Å². The number of amides is 1. The molecule has 1 aliphatic rings. The number of carbonyl (C=O) groups excluding carboxylic acids is 1. The predicted molar refractivity (Wildman–Crippen MR) is 84.6 cm³/mol. The Morgan fingerprint density at radius 2 is 1.81 bits per heavy atom. The van der Waals surface area contributed by atoms with Gasteiger partial charge in [-0.3, -0.25) is 4.79 Å². The van der Waals surface area contributed by atoms with Crippen LogP contribution < -0.4 is 5.73 Å². The number of anilines is 1. The third-order valence-corrected chi connectivity index (χ3v) is 4.11. The summed E-state index contributed by atoms with van der Waals surface area (Å²) in [6.45, 7) is 0.636. The van der Waals surface area contributed by atoms with Gasteiger partial charge in [-0.2, -0.15) is 0 Å². The largest absolute Gasteiger partial charge is 0.399 e. The van der Waals surface area contributed by atoms with Crippen molar-refractivity contribution in [2.75, 3.05) is 12.8 Å². The van der Waals surface area contributed by atoms with Crippen LogP contribution in [0.25, 0.3) is 0 Å². The van der Waals surface area contributed by atoms with Crippen LogP contribution in [-0.2, 0) is 11.3 Å². The third kappa shape index (κ3) is 3.07. The molecular weight excluding hydrogens is 260 g/mol. The Kier molecular flexibility index (Phi) is 3.65. The Balaban J connectivity index is 1.60. The SMILES string of the molecule is CN(Cc1ccc(N)cc1)C(=O)C1CC1c1ccccc1. The van der Waals surface area contributed by atoms with E-state index < -0.39 is 0 Å². The fourth-order valence-corrected chi connectivity index (χ4v) is 2.79. The van der Waals surface area contributed by atoms with Gasteiger partial charge < -0.3 is 10.6 Å². The van der Waals surface area contributed by atoms with Crippen molar-refractivity contribution in [1.29, 1.82) is 0 Å². The highest BCUT2D eigenvalue weighted by Crippen LogP contribution is 2.48. The fraction of sp³-hybridized carbons (Fsp3) is 0.278. The monoisotopic (exact) mass is 280 g/mol. The molecule has 1 fully saturated rings. The standard InChI is InChI=1S/C18H20N2O/c1-20(12-13-7-9-15(19)10-8-13)18(21)17-11-16(17)14-5-3-2-4-6-14/h2-10,16-17H,11-12,19H2,1H3. The minimum atomic E-state index is 0.145. The van der Waals surface area contributed by atoms with Crippen molar-refractivity contribution in [1.82, 2.24) is 4.90 Å². The number of hydrogen-bond acceptors (Lipinski definition) is 2. The number of nitrogen functional groups attached to an aromatic ring is 1. The summed E-state index contributed by atoms with van der Waals surface area (Å²) in [5.41, 5.74) is 8.81. The van der Waals surface area contributed by atoms with Gasteiger partial charge in [-0.25, -0.2) is 0 Å². The van der Waals surface area contributed by atoms with E-state index in [1.54, 1.807) is 0 Å². The highest BCUT2D eigenvalue weighted by atomic mass is 16.2. The Bertz CT molecular complexity index is 621. The molecule has 0 aliphatic heterocycles. The minimum Gasteiger partial charge on any atom is -0.399 e. The minimum absolute atomic E-state index is 0.145. The molecule has 1 saturated carbocycles. The van der Waals surface area contributed by atoms with E-state index in [1.807, 2.05) is 54.4 Å². The van der Waals surface area contributed by atoms with E-state index in [4.69, 9.17) is 5.73 Å². The quantitative estimate of drug-likeness (QED) is 0.875. The summed E-state index contributed by atoms with van der Waals surface area (Å²) >= 11 is 0. The lowest BCUT2D eigenvalue weighted by Gasteiger charge is -2.17. The Hall–Kier alpha value is -2.29. The first-order valence-corrected chi connectivity index (χ1v) is 7.29. The van der Waals surface area contributed by atoms with Gasteiger partial charge in [-0.15, -0.1) is 0 Å². The van der Waals surface area contributed by atoms with Crippen LogP contribution in [-0.4, -0.2) is 17.9 Å². The zero-order chi connectivity index (χ0) is 14.8. The predicted octanol–water partition coefficient (Wildman–Crippen LogP) is 3.03. The second kappa shape index (κ2) is 5.60. The van der Waals surface area contributed by atoms with Crippen LogP contribution >= 0.6 is 0 Å². The second-order valence-corrected chi connectivity index (χ2v) is 5.80. The molecule has 0 saturated heterocycles. The maximum Gasteiger partial charge on any atom is 0.226 e. The van der Waals surface area contributed by atoms with E-state index >= 15 is 0 Å². The number of carbonyl (C=O) groups is 1. The zero-order valence-electron chi connectivity index (χ0n) is 12.2. The molecule has 21 heavy (non-hydrogen) atoms. The maximum atomic E-state index is 12.5. The summed E-state index contributed by atoms with van der Waals surface area (Å²) in [5, 5.41) is 0. The van der Waals surface area contributed by atoms with Crippen molar-refractivity contribution in [2.24, 2.45) is 5.92 Å². The topological polar surface area (TPSA) is 46.3 Å². The first-order chi connectivity index (χ1) is 10.1. The molecular formula is C18H20N2O. The second-order valence-electron chi connectivity index (χ2n) is 5.80. The van der Waals surface area contributed by atoms with Crippen LogP contribution in [0.4, 0.5) is 5.69 Å². The Labute approximate surface area is 125 Å². The third-order valence-electron chi connectivity index (χ3n) is 4.11. The molecule has 0 radical (unpaired) electrons. The first kappa shape index (κ1) is 13.7. The van der Waals surface area contributed by atoms with Crippen LogP contribution in [0.2, 0.25) is 0 Å². The lowest BCUT2D eigenvalue weighted by Crippen LogP contribution is -2.28. The highest BCUT2D eigenvalue weighted by Gasteiger charge is 2.44. The molecule has 2 aromatic rings. The van der Waals surface area contributed by atoms with Crippen molar-refractivity contribution in [3.63, 3.8) is 0 Å². The lowest BCUT2D eigenvalue weighted by molar-refractivity contribution is -0.131. The van der Waals surface area contributed by atoms with Crippen molar-refractivity contribution in [3.8, 4) is 0 Å². The molecule has 108 valence electrons. The molecule has 0 aromatic heterocycles. The summed E-state index contributed by atoms with van der Waals surface area (Å²) in [7, 11) is 1.87. The summed E-state index contributed by atoms with van der Waals surface area (Å²) in [5.74, 6) is 0.777. The number of nitrogens with zero attached hydrogens (tertiary/aromatic N) is 1. The molecule has 0 bridgehead atoms. The van der Waals surface area contributed by atoms with E-state index in [1.165, 1.54) is 5.56 Å². The first-order valence-electron chi connectivity index (χ1n) is 7.29. The van der Waals surface area contributed by atoms with Crippen LogP contribution in [0.5, 0.6) is 0 Å². The van der Waals surface area contributed by atoms with Gasteiger partial charge in [0.15, 0.2) is 0 Å². The average Bonchev–Trinajstić information content (AvgIpc) is 3.30. The molecule has 2 aromatic carbocycles. The van der Waals surface area contributed by atoms with Gasteiger partial charge in [0.1, 0.15) is 0 Å². The van der Waals surface area contributed by atoms with Gasteiger partial charge >= 0.3 is 0 Å². The van der Waals surface area contributed by atoms with Gasteiger partial charge in [0.25, 0.3) is 0 Å². The lowest BCUT2D eigenvalue weighted by atomic mass is 10.1. The van der Waals surface area contributed by atoms with E-state index in [-0.39, 0.29) is 11.8 Å². The van der Waals surface area contributed by atoms with Crippen molar-refractivity contribution in [3.05, 3.63) is 65.7 Å². The van der Waals surface area contributed by atoms with Crippen LogP contribution in [0, 0.1) is 5.92 Å². The highest BCUT2D eigenvalue weighted by molar-refractivity contribution is 5.82. The smallest absolute Gasteiger partial charge is 0.226 e. The summed E-state index contributed by atoms with van der Waals surface area (Å²) in [6.07, 6.45) is 0.967. The van der Waals surface area contributed by atoms with E-state index in [2.05, 4.69) is 12.1 Å². The van der Waals surface area contributed by atoms with Crippen molar-refractivity contribution >= 4 is 11.6 Å². The van der Waals surface area contributed by atoms with Gasteiger partial charge in [-0.1, -0.05) is 42.5 Å². The van der Waals surface area contributed by atoms with Crippen LogP contribution in [0.1, 0.15) is 23.5 Å².